The Morgan fingerprint density at radius 2 is 1.93 bits per heavy atom. The Morgan fingerprint density at radius 1 is 1.27 bits per heavy atom. The molecular formula is C13H27NO. The monoisotopic (exact) mass is 213 g/mol. The summed E-state index contributed by atoms with van der Waals surface area (Å²) in [4.78, 5) is 0. The summed E-state index contributed by atoms with van der Waals surface area (Å²) in [5.74, 6) is 0.727. The molecule has 2 nitrogen and oxygen atoms in total. The van der Waals surface area contributed by atoms with E-state index < -0.39 is 5.60 Å². The molecule has 2 N–H and O–H groups in total. The fraction of sp³-hybridized carbons (Fsp3) is 1.00. The molecule has 0 aromatic heterocycles. The van der Waals surface area contributed by atoms with E-state index in [-0.39, 0.29) is 0 Å². The predicted octanol–water partition coefficient (Wildman–Crippen LogP) is 2.71. The van der Waals surface area contributed by atoms with Gasteiger partial charge in [-0.3, -0.25) is 0 Å². The van der Waals surface area contributed by atoms with Gasteiger partial charge in [-0.1, -0.05) is 39.5 Å². The van der Waals surface area contributed by atoms with Crippen LogP contribution >= 0.6 is 0 Å². The zero-order chi connectivity index (χ0) is 11.1. The quantitative estimate of drug-likeness (QED) is 0.711. The van der Waals surface area contributed by atoms with Gasteiger partial charge in [0.2, 0.25) is 0 Å². The Balaban J connectivity index is 2.39. The Morgan fingerprint density at radius 3 is 2.40 bits per heavy atom. The first-order chi connectivity index (χ1) is 7.20. The number of hydrogen-bond acceptors (Lipinski definition) is 2. The summed E-state index contributed by atoms with van der Waals surface area (Å²) in [6.45, 7) is 6.36. The van der Waals surface area contributed by atoms with Crippen LogP contribution in [-0.4, -0.2) is 23.8 Å². The summed E-state index contributed by atoms with van der Waals surface area (Å²) in [5, 5.41) is 13.7. The standard InChI is InChI=1S/C13H27NO/c1-3-6-12(7-4-2)10-13(15)8-5-9-14-11-13/h12,14-15H,3-11H2,1-2H3. The molecule has 0 bridgehead atoms. The van der Waals surface area contributed by atoms with Crippen molar-refractivity contribution < 1.29 is 5.11 Å². The van der Waals surface area contributed by atoms with Crippen LogP contribution in [-0.2, 0) is 0 Å². The maximum Gasteiger partial charge on any atom is 0.0774 e. The molecule has 0 aromatic rings. The van der Waals surface area contributed by atoms with Crippen LogP contribution < -0.4 is 5.32 Å². The molecule has 1 unspecified atom stereocenters. The van der Waals surface area contributed by atoms with E-state index in [1.54, 1.807) is 0 Å². The zero-order valence-corrected chi connectivity index (χ0v) is 10.4. The van der Waals surface area contributed by atoms with Gasteiger partial charge < -0.3 is 10.4 Å². The smallest absolute Gasteiger partial charge is 0.0774 e. The highest BCUT2D eigenvalue weighted by Crippen LogP contribution is 2.29. The van der Waals surface area contributed by atoms with E-state index in [1.807, 2.05) is 0 Å². The van der Waals surface area contributed by atoms with E-state index in [1.165, 1.54) is 25.7 Å². The van der Waals surface area contributed by atoms with Crippen molar-refractivity contribution in [2.24, 2.45) is 5.92 Å². The average molecular weight is 213 g/mol. The molecule has 1 aliphatic rings. The average Bonchev–Trinajstić information content (AvgIpc) is 2.19. The van der Waals surface area contributed by atoms with E-state index in [0.29, 0.717) is 0 Å². The molecule has 0 spiro atoms. The predicted molar refractivity (Wildman–Crippen MR) is 65.0 cm³/mol. The lowest BCUT2D eigenvalue weighted by atomic mass is 9.81. The van der Waals surface area contributed by atoms with Gasteiger partial charge in [-0.15, -0.1) is 0 Å². The van der Waals surface area contributed by atoms with Crippen LogP contribution in [0.1, 0.15) is 58.8 Å². The minimum atomic E-state index is -0.409. The van der Waals surface area contributed by atoms with E-state index in [2.05, 4.69) is 19.2 Å². The molecule has 1 heterocycles. The molecule has 1 fully saturated rings. The second-order valence-corrected chi connectivity index (χ2v) is 5.15. The Labute approximate surface area is 94.5 Å². The van der Waals surface area contributed by atoms with Gasteiger partial charge in [-0.05, 0) is 31.7 Å². The molecule has 0 aromatic carbocycles. The summed E-state index contributed by atoms with van der Waals surface area (Å²) >= 11 is 0. The van der Waals surface area contributed by atoms with Gasteiger partial charge in [0.1, 0.15) is 0 Å². The first-order valence-electron chi connectivity index (χ1n) is 6.63. The molecule has 0 aliphatic carbocycles. The number of β-amino-alcohol motifs (C(OH)–C–C–N with tert-alkyl or cyclic N) is 1. The summed E-state index contributed by atoms with van der Waals surface area (Å²) in [6, 6.07) is 0. The van der Waals surface area contributed by atoms with Crippen LogP contribution in [0.25, 0.3) is 0 Å². The summed E-state index contributed by atoms with van der Waals surface area (Å²) in [5.41, 5.74) is -0.409. The van der Waals surface area contributed by atoms with Gasteiger partial charge in [-0.2, -0.15) is 0 Å². The highest BCUT2D eigenvalue weighted by atomic mass is 16.3. The molecule has 90 valence electrons. The van der Waals surface area contributed by atoms with Crippen LogP contribution in [0.4, 0.5) is 0 Å². The molecule has 1 atom stereocenters. The first-order valence-corrected chi connectivity index (χ1v) is 6.63. The van der Waals surface area contributed by atoms with E-state index >= 15 is 0 Å². The number of piperidine rings is 1. The second-order valence-electron chi connectivity index (χ2n) is 5.15. The fourth-order valence-electron chi connectivity index (χ4n) is 2.83. The molecule has 1 saturated heterocycles. The largest absolute Gasteiger partial charge is 0.389 e. The molecule has 0 saturated carbocycles. The van der Waals surface area contributed by atoms with Gasteiger partial charge in [0.25, 0.3) is 0 Å². The molecule has 1 rings (SSSR count). The van der Waals surface area contributed by atoms with Gasteiger partial charge >= 0.3 is 0 Å². The number of aliphatic hydroxyl groups is 1. The van der Waals surface area contributed by atoms with E-state index in [4.69, 9.17) is 0 Å². The Kier molecular flexibility index (Phi) is 5.62. The molecule has 0 amide bonds. The highest BCUT2D eigenvalue weighted by molar-refractivity contribution is 4.87. The number of hydrogen-bond donors (Lipinski definition) is 2. The Hall–Kier alpha value is -0.0800. The lowest BCUT2D eigenvalue weighted by Crippen LogP contribution is -2.46. The lowest BCUT2D eigenvalue weighted by molar-refractivity contribution is -0.00801. The maximum absolute atomic E-state index is 10.4. The van der Waals surface area contributed by atoms with Crippen LogP contribution in [0, 0.1) is 5.92 Å². The Bertz CT molecular complexity index is 158. The van der Waals surface area contributed by atoms with Crippen LogP contribution in [0.2, 0.25) is 0 Å². The second kappa shape index (κ2) is 6.49. The third kappa shape index (κ3) is 4.52. The third-order valence-corrected chi connectivity index (χ3v) is 3.51. The highest BCUT2D eigenvalue weighted by Gasteiger charge is 2.31. The van der Waals surface area contributed by atoms with Gasteiger partial charge in [-0.25, -0.2) is 0 Å². The number of rotatable bonds is 6. The van der Waals surface area contributed by atoms with Crippen molar-refractivity contribution in [3.05, 3.63) is 0 Å². The van der Waals surface area contributed by atoms with Crippen molar-refractivity contribution in [2.45, 2.75) is 64.4 Å². The van der Waals surface area contributed by atoms with E-state index in [0.717, 1.165) is 38.3 Å². The van der Waals surface area contributed by atoms with Crippen molar-refractivity contribution in [1.29, 1.82) is 0 Å². The van der Waals surface area contributed by atoms with Gasteiger partial charge in [0.05, 0.1) is 5.60 Å². The molecule has 2 heteroatoms. The zero-order valence-electron chi connectivity index (χ0n) is 10.4. The van der Waals surface area contributed by atoms with Crippen LogP contribution in [0.15, 0.2) is 0 Å². The normalized spacial score (nSPS) is 27.2. The van der Waals surface area contributed by atoms with Crippen molar-refractivity contribution in [2.75, 3.05) is 13.1 Å². The summed E-state index contributed by atoms with van der Waals surface area (Å²) in [6.07, 6.45) is 8.15. The van der Waals surface area contributed by atoms with Crippen molar-refractivity contribution in [3.63, 3.8) is 0 Å². The summed E-state index contributed by atoms with van der Waals surface area (Å²) in [7, 11) is 0. The summed E-state index contributed by atoms with van der Waals surface area (Å²) < 4.78 is 0. The van der Waals surface area contributed by atoms with Crippen molar-refractivity contribution >= 4 is 0 Å². The van der Waals surface area contributed by atoms with E-state index in [9.17, 15) is 5.11 Å². The first kappa shape index (κ1) is 13.0. The maximum atomic E-state index is 10.4. The van der Waals surface area contributed by atoms with Crippen LogP contribution in [0.3, 0.4) is 0 Å². The van der Waals surface area contributed by atoms with Crippen LogP contribution in [0.5, 0.6) is 0 Å². The third-order valence-electron chi connectivity index (χ3n) is 3.51. The minimum Gasteiger partial charge on any atom is -0.389 e. The molecular weight excluding hydrogens is 186 g/mol. The van der Waals surface area contributed by atoms with Gasteiger partial charge in [0.15, 0.2) is 0 Å². The molecule has 1 aliphatic heterocycles. The number of nitrogens with one attached hydrogen (secondary N) is 1. The lowest BCUT2D eigenvalue weighted by Gasteiger charge is -2.35. The van der Waals surface area contributed by atoms with Gasteiger partial charge in [0, 0.05) is 6.54 Å². The molecule has 0 radical (unpaired) electrons. The fourth-order valence-corrected chi connectivity index (χ4v) is 2.83. The van der Waals surface area contributed by atoms with Crippen molar-refractivity contribution in [3.8, 4) is 0 Å². The topological polar surface area (TPSA) is 32.3 Å². The SMILES string of the molecule is CCCC(CCC)CC1(O)CCCNC1. The molecule has 15 heavy (non-hydrogen) atoms. The minimum absolute atomic E-state index is 0.409. The van der Waals surface area contributed by atoms with Crippen molar-refractivity contribution in [1.82, 2.24) is 5.32 Å².